The van der Waals surface area contributed by atoms with Gasteiger partial charge in [0.25, 0.3) is 0 Å². The van der Waals surface area contributed by atoms with Crippen molar-refractivity contribution in [3.05, 3.63) is 41.6 Å². The molecule has 0 amide bonds. The van der Waals surface area contributed by atoms with Crippen molar-refractivity contribution in [2.45, 2.75) is 0 Å². The molecule has 4 nitrogen and oxygen atoms in total. The van der Waals surface area contributed by atoms with E-state index in [0.717, 1.165) is 0 Å². The molecule has 2 N–H and O–H groups in total. The average molecular weight is 246 g/mol. The van der Waals surface area contributed by atoms with Crippen LogP contribution in [0.3, 0.4) is 0 Å². The van der Waals surface area contributed by atoms with Gasteiger partial charge >= 0.3 is 0 Å². The summed E-state index contributed by atoms with van der Waals surface area (Å²) in [5.41, 5.74) is 8.18. The Kier molecular flexibility index (Phi) is 2.23. The first-order chi connectivity index (χ1) is 8.24. The van der Waals surface area contributed by atoms with Crippen molar-refractivity contribution < 1.29 is 4.42 Å². The van der Waals surface area contributed by atoms with Gasteiger partial charge in [0.1, 0.15) is 5.52 Å². The van der Waals surface area contributed by atoms with Crippen LogP contribution in [0.5, 0.6) is 0 Å². The van der Waals surface area contributed by atoms with Gasteiger partial charge in [-0.25, -0.2) is 9.97 Å². The second-order valence-electron chi connectivity index (χ2n) is 3.59. The Morgan fingerprint density at radius 1 is 1.24 bits per heavy atom. The normalized spacial score (nSPS) is 10.9. The highest BCUT2D eigenvalue weighted by atomic mass is 35.5. The summed E-state index contributed by atoms with van der Waals surface area (Å²) < 4.78 is 5.53. The van der Waals surface area contributed by atoms with E-state index < -0.39 is 0 Å². The molecular formula is C12H8ClN3O. The lowest BCUT2D eigenvalue weighted by molar-refractivity contribution is 0.608. The molecule has 0 saturated heterocycles. The molecule has 0 spiro atoms. The number of hydrogen-bond donors (Lipinski definition) is 1. The van der Waals surface area contributed by atoms with Crippen molar-refractivity contribution in [3.63, 3.8) is 0 Å². The number of rotatable bonds is 1. The van der Waals surface area contributed by atoms with Crippen molar-refractivity contribution in [3.8, 4) is 11.5 Å². The zero-order valence-corrected chi connectivity index (χ0v) is 9.48. The predicted molar refractivity (Wildman–Crippen MR) is 66.7 cm³/mol. The molecule has 1 aromatic carbocycles. The second kappa shape index (κ2) is 3.75. The number of aromatic nitrogens is 2. The lowest BCUT2D eigenvalue weighted by Crippen LogP contribution is -1.86. The first-order valence-electron chi connectivity index (χ1n) is 5.01. The summed E-state index contributed by atoms with van der Waals surface area (Å²) in [6, 6.07) is 8.80. The minimum atomic E-state index is 0.427. The number of pyridine rings is 1. The largest absolute Gasteiger partial charge is 0.418 e. The smallest absolute Gasteiger partial charge is 0.247 e. The maximum Gasteiger partial charge on any atom is 0.247 e. The Morgan fingerprint density at radius 2 is 2.12 bits per heavy atom. The third-order valence-electron chi connectivity index (χ3n) is 2.39. The van der Waals surface area contributed by atoms with Crippen LogP contribution in [0.15, 0.2) is 40.9 Å². The average Bonchev–Trinajstić information content (AvgIpc) is 2.75. The van der Waals surface area contributed by atoms with Crippen LogP contribution in [0.4, 0.5) is 5.69 Å². The molecule has 0 aliphatic rings. The lowest BCUT2D eigenvalue weighted by atomic mass is 10.2. The minimum Gasteiger partial charge on any atom is -0.418 e. The highest BCUT2D eigenvalue weighted by Crippen LogP contribution is 2.30. The van der Waals surface area contributed by atoms with Gasteiger partial charge < -0.3 is 10.2 Å². The van der Waals surface area contributed by atoms with Gasteiger partial charge in [-0.05, 0) is 30.3 Å². The van der Waals surface area contributed by atoms with Gasteiger partial charge in [-0.2, -0.15) is 0 Å². The highest BCUT2D eigenvalue weighted by molar-refractivity contribution is 6.33. The van der Waals surface area contributed by atoms with E-state index in [1.54, 1.807) is 30.5 Å². The zero-order valence-electron chi connectivity index (χ0n) is 8.72. The van der Waals surface area contributed by atoms with Crippen molar-refractivity contribution in [2.24, 2.45) is 0 Å². The fraction of sp³-hybridized carbons (Fsp3) is 0. The van der Waals surface area contributed by atoms with E-state index in [0.29, 0.717) is 33.4 Å². The fourth-order valence-electron chi connectivity index (χ4n) is 1.59. The number of nitrogen functional groups attached to an aromatic ring is 1. The molecule has 0 aliphatic carbocycles. The molecule has 0 radical (unpaired) electrons. The van der Waals surface area contributed by atoms with Gasteiger partial charge in [-0.15, -0.1) is 0 Å². The third kappa shape index (κ3) is 1.72. The number of oxazole rings is 1. The van der Waals surface area contributed by atoms with Crippen molar-refractivity contribution in [2.75, 3.05) is 5.73 Å². The molecule has 0 saturated carbocycles. The summed E-state index contributed by atoms with van der Waals surface area (Å²) in [5, 5.41) is 0.547. The molecule has 17 heavy (non-hydrogen) atoms. The molecule has 0 bridgehead atoms. The Labute approximate surface area is 102 Å². The molecule has 5 heteroatoms. The monoisotopic (exact) mass is 245 g/mol. The molecule has 3 rings (SSSR count). The number of fused-ring (bicyclic) bond motifs is 1. The molecule has 3 aromatic rings. The minimum absolute atomic E-state index is 0.427. The van der Waals surface area contributed by atoms with Crippen LogP contribution >= 0.6 is 11.6 Å². The summed E-state index contributed by atoms with van der Waals surface area (Å²) in [6.45, 7) is 0. The van der Waals surface area contributed by atoms with Gasteiger partial charge in [0.2, 0.25) is 11.6 Å². The predicted octanol–water partition coefficient (Wildman–Crippen LogP) is 3.13. The van der Waals surface area contributed by atoms with Crippen LogP contribution < -0.4 is 5.73 Å². The Bertz CT molecular complexity index is 660. The topological polar surface area (TPSA) is 64.9 Å². The fourth-order valence-corrected chi connectivity index (χ4v) is 1.79. The molecule has 0 aliphatic heterocycles. The molecule has 0 fully saturated rings. The molecule has 84 valence electrons. The standard InChI is InChI=1S/C12H8ClN3O/c13-9-4-3-7(14)6-8(9)11-16-10-2-1-5-15-12(10)17-11/h1-6H,14H2. The van der Waals surface area contributed by atoms with Gasteiger partial charge in [-0.1, -0.05) is 11.6 Å². The highest BCUT2D eigenvalue weighted by Gasteiger charge is 2.12. The summed E-state index contributed by atoms with van der Waals surface area (Å²) in [4.78, 5) is 8.39. The SMILES string of the molecule is Nc1ccc(Cl)c(-c2nc3cccnc3o2)c1. The van der Waals surface area contributed by atoms with Crippen molar-refractivity contribution in [1.82, 2.24) is 9.97 Å². The van der Waals surface area contributed by atoms with E-state index in [9.17, 15) is 0 Å². The van der Waals surface area contributed by atoms with Crippen LogP contribution in [0.25, 0.3) is 22.7 Å². The van der Waals surface area contributed by atoms with E-state index in [2.05, 4.69) is 9.97 Å². The molecule has 2 heterocycles. The molecule has 0 unspecified atom stereocenters. The number of hydrogen-bond acceptors (Lipinski definition) is 4. The summed E-state index contributed by atoms with van der Waals surface area (Å²) in [7, 11) is 0. The van der Waals surface area contributed by atoms with Crippen LogP contribution in [0.2, 0.25) is 5.02 Å². The Balaban J connectivity index is 2.23. The number of anilines is 1. The summed E-state index contributed by atoms with van der Waals surface area (Å²) in [5.74, 6) is 0.427. The van der Waals surface area contributed by atoms with Gasteiger partial charge in [0.05, 0.1) is 10.6 Å². The van der Waals surface area contributed by atoms with Crippen LogP contribution in [0, 0.1) is 0 Å². The van der Waals surface area contributed by atoms with Crippen molar-refractivity contribution in [1.29, 1.82) is 0 Å². The van der Waals surface area contributed by atoms with Gasteiger partial charge in [-0.3, -0.25) is 0 Å². The Hall–Kier alpha value is -2.07. The number of nitrogens with two attached hydrogens (primary N) is 1. The Morgan fingerprint density at radius 3 is 2.94 bits per heavy atom. The van der Waals surface area contributed by atoms with Crippen LogP contribution in [-0.2, 0) is 0 Å². The summed E-state index contributed by atoms with van der Waals surface area (Å²) in [6.07, 6.45) is 1.65. The van der Waals surface area contributed by atoms with Crippen LogP contribution in [-0.4, -0.2) is 9.97 Å². The molecule has 0 atom stereocenters. The van der Waals surface area contributed by atoms with Gasteiger partial charge in [0, 0.05) is 11.9 Å². The van der Waals surface area contributed by atoms with Gasteiger partial charge in [0.15, 0.2) is 0 Å². The molecular weight excluding hydrogens is 238 g/mol. The van der Waals surface area contributed by atoms with E-state index in [4.69, 9.17) is 21.8 Å². The van der Waals surface area contributed by atoms with E-state index in [-0.39, 0.29) is 0 Å². The number of nitrogens with zero attached hydrogens (tertiary/aromatic N) is 2. The first kappa shape index (κ1) is 10.1. The van der Waals surface area contributed by atoms with Crippen LogP contribution in [0.1, 0.15) is 0 Å². The zero-order chi connectivity index (χ0) is 11.8. The lowest BCUT2D eigenvalue weighted by Gasteiger charge is -2.00. The number of halogens is 1. The van der Waals surface area contributed by atoms with E-state index in [1.165, 1.54) is 0 Å². The third-order valence-corrected chi connectivity index (χ3v) is 2.72. The maximum atomic E-state index is 6.08. The van der Waals surface area contributed by atoms with E-state index in [1.807, 2.05) is 6.07 Å². The number of benzene rings is 1. The van der Waals surface area contributed by atoms with Crippen molar-refractivity contribution >= 4 is 28.5 Å². The summed E-state index contributed by atoms with van der Waals surface area (Å²) >= 11 is 6.08. The maximum absolute atomic E-state index is 6.08. The second-order valence-corrected chi connectivity index (χ2v) is 3.99. The quantitative estimate of drug-likeness (QED) is 0.669. The first-order valence-corrected chi connectivity index (χ1v) is 5.39. The van der Waals surface area contributed by atoms with E-state index >= 15 is 0 Å². The molecule has 2 aromatic heterocycles.